The zero-order valence-electron chi connectivity index (χ0n) is 10.2. The van der Waals surface area contributed by atoms with E-state index in [4.69, 9.17) is 15.2 Å². The third-order valence-corrected chi connectivity index (χ3v) is 2.86. The maximum atomic E-state index is 5.53. The number of anilines is 1. The molecule has 1 aromatic carbocycles. The van der Waals surface area contributed by atoms with E-state index in [9.17, 15) is 0 Å². The van der Waals surface area contributed by atoms with Crippen molar-refractivity contribution in [3.8, 4) is 11.5 Å². The molecule has 1 aliphatic rings. The molecule has 94 valence electrons. The first-order chi connectivity index (χ1) is 8.29. The van der Waals surface area contributed by atoms with Gasteiger partial charge in [-0.25, -0.2) is 0 Å². The van der Waals surface area contributed by atoms with Crippen LogP contribution in [0.4, 0.5) is 5.69 Å². The van der Waals surface area contributed by atoms with Crippen molar-refractivity contribution in [1.82, 2.24) is 0 Å². The Labute approximate surface area is 102 Å². The fourth-order valence-electron chi connectivity index (χ4n) is 1.83. The Morgan fingerprint density at radius 1 is 1.29 bits per heavy atom. The SMILES string of the molecule is CC(CCN)CNc1ccc2c(c1)OCCO2. The Morgan fingerprint density at radius 2 is 2.06 bits per heavy atom. The first-order valence-electron chi connectivity index (χ1n) is 6.13. The minimum Gasteiger partial charge on any atom is -0.486 e. The molecule has 4 heteroatoms. The maximum absolute atomic E-state index is 5.53. The summed E-state index contributed by atoms with van der Waals surface area (Å²) in [5.74, 6) is 2.23. The van der Waals surface area contributed by atoms with E-state index in [2.05, 4.69) is 12.2 Å². The molecule has 0 aliphatic carbocycles. The van der Waals surface area contributed by atoms with Gasteiger partial charge in [-0.05, 0) is 31.0 Å². The van der Waals surface area contributed by atoms with Crippen molar-refractivity contribution in [2.24, 2.45) is 11.7 Å². The molecule has 0 saturated heterocycles. The van der Waals surface area contributed by atoms with Gasteiger partial charge in [-0.3, -0.25) is 0 Å². The monoisotopic (exact) mass is 236 g/mol. The summed E-state index contributed by atoms with van der Waals surface area (Å²) in [6.07, 6.45) is 1.04. The highest BCUT2D eigenvalue weighted by Crippen LogP contribution is 2.32. The number of hydrogen-bond donors (Lipinski definition) is 2. The summed E-state index contributed by atoms with van der Waals surface area (Å²) in [5, 5.41) is 3.39. The molecular weight excluding hydrogens is 216 g/mol. The van der Waals surface area contributed by atoms with Crippen LogP contribution in [0.5, 0.6) is 11.5 Å². The predicted octanol–water partition coefficient (Wildman–Crippen LogP) is 1.85. The lowest BCUT2D eigenvalue weighted by molar-refractivity contribution is 0.171. The van der Waals surface area contributed by atoms with Crippen molar-refractivity contribution in [3.05, 3.63) is 18.2 Å². The van der Waals surface area contributed by atoms with E-state index >= 15 is 0 Å². The van der Waals surface area contributed by atoms with Gasteiger partial charge in [0.15, 0.2) is 11.5 Å². The molecule has 0 spiro atoms. The van der Waals surface area contributed by atoms with E-state index < -0.39 is 0 Å². The Balaban J connectivity index is 1.93. The second kappa shape index (κ2) is 5.77. The summed E-state index contributed by atoms with van der Waals surface area (Å²) in [6.45, 7) is 5.12. The molecule has 0 bridgehead atoms. The Morgan fingerprint density at radius 3 is 2.82 bits per heavy atom. The lowest BCUT2D eigenvalue weighted by Crippen LogP contribution is -2.17. The van der Waals surface area contributed by atoms with Gasteiger partial charge in [0.25, 0.3) is 0 Å². The topological polar surface area (TPSA) is 56.5 Å². The smallest absolute Gasteiger partial charge is 0.163 e. The molecular formula is C13H20N2O2. The molecule has 0 fully saturated rings. The Hall–Kier alpha value is -1.42. The van der Waals surface area contributed by atoms with Crippen molar-refractivity contribution in [1.29, 1.82) is 0 Å². The van der Waals surface area contributed by atoms with E-state index in [1.807, 2.05) is 18.2 Å². The first-order valence-corrected chi connectivity index (χ1v) is 6.13. The van der Waals surface area contributed by atoms with Crippen LogP contribution in [-0.4, -0.2) is 26.3 Å². The number of benzene rings is 1. The second-order valence-electron chi connectivity index (χ2n) is 4.42. The third kappa shape index (κ3) is 3.27. The van der Waals surface area contributed by atoms with E-state index in [1.165, 1.54) is 0 Å². The van der Waals surface area contributed by atoms with Gasteiger partial charge in [-0.15, -0.1) is 0 Å². The van der Waals surface area contributed by atoms with Gasteiger partial charge < -0.3 is 20.5 Å². The lowest BCUT2D eigenvalue weighted by atomic mass is 10.1. The fourth-order valence-corrected chi connectivity index (χ4v) is 1.83. The quantitative estimate of drug-likeness (QED) is 0.819. The van der Waals surface area contributed by atoms with Crippen molar-refractivity contribution in [3.63, 3.8) is 0 Å². The minimum atomic E-state index is 0.577. The average molecular weight is 236 g/mol. The summed E-state index contributed by atoms with van der Waals surface area (Å²) in [7, 11) is 0. The molecule has 2 rings (SSSR count). The normalized spacial score (nSPS) is 15.4. The van der Waals surface area contributed by atoms with Crippen molar-refractivity contribution in [2.45, 2.75) is 13.3 Å². The molecule has 1 unspecified atom stereocenters. The molecule has 0 amide bonds. The average Bonchev–Trinajstić information content (AvgIpc) is 2.36. The highest BCUT2D eigenvalue weighted by atomic mass is 16.6. The predicted molar refractivity (Wildman–Crippen MR) is 68.8 cm³/mol. The highest BCUT2D eigenvalue weighted by molar-refractivity contribution is 5.55. The summed E-state index contributed by atoms with van der Waals surface area (Å²) < 4.78 is 11.0. The summed E-state index contributed by atoms with van der Waals surface area (Å²) in [5.41, 5.74) is 6.59. The number of rotatable bonds is 5. The van der Waals surface area contributed by atoms with Crippen LogP contribution in [0.3, 0.4) is 0 Å². The van der Waals surface area contributed by atoms with Crippen LogP contribution in [0, 0.1) is 5.92 Å². The van der Waals surface area contributed by atoms with Gasteiger partial charge in [-0.2, -0.15) is 0 Å². The number of nitrogens with one attached hydrogen (secondary N) is 1. The highest BCUT2D eigenvalue weighted by Gasteiger charge is 2.11. The lowest BCUT2D eigenvalue weighted by Gasteiger charge is -2.19. The van der Waals surface area contributed by atoms with Crippen LogP contribution in [0.25, 0.3) is 0 Å². The zero-order chi connectivity index (χ0) is 12.1. The zero-order valence-corrected chi connectivity index (χ0v) is 10.2. The summed E-state index contributed by atoms with van der Waals surface area (Å²) in [6, 6.07) is 5.96. The fraction of sp³-hybridized carbons (Fsp3) is 0.538. The Bertz CT molecular complexity index is 368. The minimum absolute atomic E-state index is 0.577. The van der Waals surface area contributed by atoms with Crippen LogP contribution >= 0.6 is 0 Å². The van der Waals surface area contributed by atoms with Crippen molar-refractivity contribution in [2.75, 3.05) is 31.6 Å². The third-order valence-electron chi connectivity index (χ3n) is 2.86. The van der Waals surface area contributed by atoms with Gasteiger partial charge in [0, 0.05) is 18.3 Å². The molecule has 3 N–H and O–H groups in total. The Kier molecular flexibility index (Phi) is 4.09. The molecule has 0 radical (unpaired) electrons. The molecule has 1 atom stereocenters. The van der Waals surface area contributed by atoms with E-state index in [0.29, 0.717) is 19.1 Å². The summed E-state index contributed by atoms with van der Waals surface area (Å²) >= 11 is 0. The standard InChI is InChI=1S/C13H20N2O2/c1-10(4-5-14)9-15-11-2-3-12-13(8-11)17-7-6-16-12/h2-3,8,10,15H,4-7,9,14H2,1H3. The molecule has 0 saturated carbocycles. The molecule has 17 heavy (non-hydrogen) atoms. The van der Waals surface area contributed by atoms with E-state index in [0.717, 1.165) is 36.7 Å². The second-order valence-corrected chi connectivity index (χ2v) is 4.42. The molecule has 1 aliphatic heterocycles. The van der Waals surface area contributed by atoms with Gasteiger partial charge >= 0.3 is 0 Å². The number of hydrogen-bond acceptors (Lipinski definition) is 4. The van der Waals surface area contributed by atoms with Crippen LogP contribution in [-0.2, 0) is 0 Å². The van der Waals surface area contributed by atoms with Crippen molar-refractivity contribution < 1.29 is 9.47 Å². The van der Waals surface area contributed by atoms with Gasteiger partial charge in [-0.1, -0.05) is 6.92 Å². The number of fused-ring (bicyclic) bond motifs is 1. The van der Waals surface area contributed by atoms with Gasteiger partial charge in [0.2, 0.25) is 0 Å². The van der Waals surface area contributed by atoms with Crippen LogP contribution in [0.2, 0.25) is 0 Å². The largest absolute Gasteiger partial charge is 0.486 e. The van der Waals surface area contributed by atoms with E-state index in [-0.39, 0.29) is 0 Å². The van der Waals surface area contributed by atoms with Crippen LogP contribution in [0.15, 0.2) is 18.2 Å². The first kappa shape index (κ1) is 12.0. The van der Waals surface area contributed by atoms with Gasteiger partial charge in [0.1, 0.15) is 13.2 Å². The van der Waals surface area contributed by atoms with Crippen LogP contribution < -0.4 is 20.5 Å². The molecule has 1 heterocycles. The maximum Gasteiger partial charge on any atom is 0.163 e. The number of ether oxygens (including phenoxy) is 2. The molecule has 0 aromatic heterocycles. The van der Waals surface area contributed by atoms with E-state index in [1.54, 1.807) is 0 Å². The molecule has 4 nitrogen and oxygen atoms in total. The van der Waals surface area contributed by atoms with Gasteiger partial charge in [0.05, 0.1) is 0 Å². The summed E-state index contributed by atoms with van der Waals surface area (Å²) in [4.78, 5) is 0. The molecule has 1 aromatic rings. The number of nitrogens with two attached hydrogens (primary N) is 1. The van der Waals surface area contributed by atoms with Crippen molar-refractivity contribution >= 4 is 5.69 Å². The van der Waals surface area contributed by atoms with Crippen LogP contribution in [0.1, 0.15) is 13.3 Å².